The maximum atomic E-state index is 12.3. The minimum Gasteiger partial charge on any atom is -0.872 e. The van der Waals surface area contributed by atoms with Crippen molar-refractivity contribution in [1.29, 1.82) is 0 Å². The summed E-state index contributed by atoms with van der Waals surface area (Å²) in [5, 5.41) is 24.5. The van der Waals surface area contributed by atoms with Crippen molar-refractivity contribution in [3.63, 3.8) is 0 Å². The molecule has 288 valence electrons. The summed E-state index contributed by atoms with van der Waals surface area (Å²) < 4.78 is 0. The Hall–Kier alpha value is -0.389. The molecule has 0 aliphatic rings. The normalized spacial score (nSPS) is 10.9. The van der Waals surface area contributed by atoms with Gasteiger partial charge in [0.1, 0.15) is 0 Å². The molecule has 0 fully saturated rings. The largest absolute Gasteiger partial charge is 2.00 e. The SMILES string of the molecule is CCCCCCCCCc1cccc([O-])c1CCCCCCCCC.CCCCCCCCCc1cccc([O-])c1CCCCCCCCC.[Ba+2]. The van der Waals surface area contributed by atoms with E-state index in [1.165, 1.54) is 191 Å². The van der Waals surface area contributed by atoms with Gasteiger partial charge in [-0.1, -0.05) is 229 Å². The standard InChI is InChI=1S/2C24H42O.Ba/c2*1-3-5-7-9-11-13-15-18-22-19-17-21-24(25)23(22)20-16-14-12-10-8-6-4-2;/h2*17,19,21,25H,3-16,18,20H2,1-2H3;/q;;+2/p-2. The van der Waals surface area contributed by atoms with Crippen molar-refractivity contribution in [3.8, 4) is 11.5 Å². The molecule has 0 aliphatic heterocycles. The van der Waals surface area contributed by atoms with E-state index in [0.717, 1.165) is 36.8 Å². The van der Waals surface area contributed by atoms with Gasteiger partial charge in [-0.3, -0.25) is 0 Å². The summed E-state index contributed by atoms with van der Waals surface area (Å²) >= 11 is 0. The maximum Gasteiger partial charge on any atom is 2.00 e. The summed E-state index contributed by atoms with van der Waals surface area (Å²) in [6.45, 7) is 9.06. The van der Waals surface area contributed by atoms with E-state index < -0.39 is 0 Å². The summed E-state index contributed by atoms with van der Waals surface area (Å²) in [4.78, 5) is 0. The molecule has 0 heterocycles. The minimum atomic E-state index is 0. The summed E-state index contributed by atoms with van der Waals surface area (Å²) in [7, 11) is 0. The van der Waals surface area contributed by atoms with Crippen LogP contribution in [0.15, 0.2) is 36.4 Å². The number of aryl methyl sites for hydroxylation is 2. The average molecular weight is 829 g/mol. The van der Waals surface area contributed by atoms with Gasteiger partial charge >= 0.3 is 48.9 Å². The van der Waals surface area contributed by atoms with Crippen molar-refractivity contribution in [2.45, 2.75) is 233 Å². The monoisotopic (exact) mass is 829 g/mol. The third-order valence-corrected chi connectivity index (χ3v) is 10.6. The Morgan fingerprint density at radius 1 is 0.314 bits per heavy atom. The van der Waals surface area contributed by atoms with Crippen LogP contribution in [-0.2, 0) is 25.7 Å². The molecular weight excluding hydrogens is 746 g/mol. The molecule has 2 aromatic carbocycles. The van der Waals surface area contributed by atoms with Crippen molar-refractivity contribution in [1.82, 2.24) is 0 Å². The summed E-state index contributed by atoms with van der Waals surface area (Å²) in [6, 6.07) is 11.8. The molecule has 0 atom stereocenters. The Balaban J connectivity index is 0.000000962. The molecule has 0 N–H and O–H groups in total. The molecule has 0 bridgehead atoms. The molecular formula is C48H82BaO2. The van der Waals surface area contributed by atoms with Crippen LogP contribution in [0.25, 0.3) is 0 Å². The van der Waals surface area contributed by atoms with Crippen LogP contribution in [0.4, 0.5) is 0 Å². The zero-order valence-electron chi connectivity index (χ0n) is 34.6. The maximum absolute atomic E-state index is 12.3. The zero-order chi connectivity index (χ0) is 36.3. The van der Waals surface area contributed by atoms with Gasteiger partial charge in [0, 0.05) is 0 Å². The van der Waals surface area contributed by atoms with E-state index in [-0.39, 0.29) is 60.4 Å². The van der Waals surface area contributed by atoms with E-state index in [0.29, 0.717) is 0 Å². The quantitative estimate of drug-likeness (QED) is 0.0545. The molecule has 0 aliphatic carbocycles. The molecule has 3 heteroatoms. The number of rotatable bonds is 32. The van der Waals surface area contributed by atoms with Crippen LogP contribution in [0.2, 0.25) is 0 Å². The molecule has 0 radical (unpaired) electrons. The Morgan fingerprint density at radius 2 is 0.549 bits per heavy atom. The second-order valence-electron chi connectivity index (χ2n) is 15.3. The molecule has 2 aromatic rings. The fraction of sp³-hybridized carbons (Fsp3) is 0.750. The topological polar surface area (TPSA) is 46.1 Å². The summed E-state index contributed by atoms with van der Waals surface area (Å²) in [5.74, 6) is 0.540. The summed E-state index contributed by atoms with van der Waals surface area (Å²) in [6.07, 6.45) is 41.2. The van der Waals surface area contributed by atoms with Crippen LogP contribution in [-0.4, -0.2) is 48.9 Å². The van der Waals surface area contributed by atoms with Gasteiger partial charge in [-0.05, 0) is 62.5 Å². The Bertz CT molecular complexity index is 937. The minimum absolute atomic E-state index is 0. The Kier molecular flexibility index (Phi) is 37.6. The molecule has 0 spiro atoms. The average Bonchev–Trinajstić information content (AvgIpc) is 3.12. The van der Waals surface area contributed by atoms with Gasteiger partial charge in [-0.15, -0.1) is 11.5 Å². The van der Waals surface area contributed by atoms with Crippen LogP contribution in [0.1, 0.15) is 230 Å². The fourth-order valence-electron chi connectivity index (χ4n) is 7.32. The van der Waals surface area contributed by atoms with E-state index >= 15 is 0 Å². The number of benzene rings is 2. The van der Waals surface area contributed by atoms with Crippen molar-refractivity contribution in [3.05, 3.63) is 58.7 Å². The second-order valence-corrected chi connectivity index (χ2v) is 15.3. The molecule has 0 aromatic heterocycles. The van der Waals surface area contributed by atoms with Crippen molar-refractivity contribution in [2.75, 3.05) is 0 Å². The van der Waals surface area contributed by atoms with Gasteiger partial charge in [0.25, 0.3) is 0 Å². The first kappa shape index (κ1) is 50.6. The van der Waals surface area contributed by atoms with E-state index in [9.17, 15) is 10.2 Å². The van der Waals surface area contributed by atoms with Gasteiger partial charge < -0.3 is 10.2 Å². The number of hydrogen-bond acceptors (Lipinski definition) is 2. The van der Waals surface area contributed by atoms with Crippen LogP contribution in [0.5, 0.6) is 11.5 Å². The van der Waals surface area contributed by atoms with E-state index in [1.54, 1.807) is 12.1 Å². The van der Waals surface area contributed by atoms with Crippen molar-refractivity contribution >= 4 is 48.9 Å². The first-order valence-corrected chi connectivity index (χ1v) is 22.1. The van der Waals surface area contributed by atoms with Crippen LogP contribution in [0, 0.1) is 0 Å². The van der Waals surface area contributed by atoms with Crippen molar-refractivity contribution in [2.24, 2.45) is 0 Å². The molecule has 0 saturated heterocycles. The first-order chi connectivity index (χ1) is 24.6. The van der Waals surface area contributed by atoms with Gasteiger partial charge in [0.15, 0.2) is 0 Å². The third kappa shape index (κ3) is 27.8. The number of unbranched alkanes of at least 4 members (excludes halogenated alkanes) is 24. The molecule has 51 heavy (non-hydrogen) atoms. The van der Waals surface area contributed by atoms with E-state index in [4.69, 9.17) is 0 Å². The third-order valence-electron chi connectivity index (χ3n) is 10.6. The van der Waals surface area contributed by atoms with Crippen LogP contribution < -0.4 is 10.2 Å². The van der Waals surface area contributed by atoms with Gasteiger partial charge in [-0.25, -0.2) is 0 Å². The second kappa shape index (κ2) is 37.9. The smallest absolute Gasteiger partial charge is 0.872 e. The molecule has 0 saturated carbocycles. The molecule has 0 unspecified atom stereocenters. The Labute approximate surface area is 359 Å². The predicted octanol–water partition coefficient (Wildman–Crippen LogP) is 14.3. The van der Waals surface area contributed by atoms with Crippen molar-refractivity contribution < 1.29 is 10.2 Å². The summed E-state index contributed by atoms with van der Waals surface area (Å²) in [5.41, 5.74) is 4.88. The molecule has 2 rings (SSSR count). The Morgan fingerprint density at radius 3 is 0.824 bits per heavy atom. The van der Waals surface area contributed by atoms with Gasteiger partial charge in [-0.2, -0.15) is 0 Å². The molecule has 0 amide bonds. The predicted molar refractivity (Wildman–Crippen MR) is 224 cm³/mol. The molecule has 2 nitrogen and oxygen atoms in total. The zero-order valence-corrected chi connectivity index (χ0v) is 39.1. The van der Waals surface area contributed by atoms with Crippen LogP contribution >= 0.6 is 0 Å². The van der Waals surface area contributed by atoms with E-state index in [1.807, 2.05) is 12.1 Å². The van der Waals surface area contributed by atoms with Crippen LogP contribution in [0.3, 0.4) is 0 Å². The van der Waals surface area contributed by atoms with Gasteiger partial charge in [0.2, 0.25) is 0 Å². The fourth-order valence-corrected chi connectivity index (χ4v) is 7.32. The van der Waals surface area contributed by atoms with E-state index in [2.05, 4.69) is 39.8 Å². The number of hydrogen-bond donors (Lipinski definition) is 0. The van der Waals surface area contributed by atoms with Gasteiger partial charge in [0.05, 0.1) is 0 Å². The first-order valence-electron chi connectivity index (χ1n) is 22.1.